The Morgan fingerprint density at radius 3 is 2.79 bits per heavy atom. The minimum atomic E-state index is -0.0462. The van der Waals surface area contributed by atoms with Crippen LogP contribution in [0.2, 0.25) is 0 Å². The van der Waals surface area contributed by atoms with E-state index in [1.165, 1.54) is 11.1 Å². The Morgan fingerprint density at radius 1 is 1.42 bits per heavy atom. The van der Waals surface area contributed by atoms with Gasteiger partial charge < -0.3 is 10.1 Å². The fraction of sp³-hybridized carbons (Fsp3) is 0.647. The molecule has 2 nitrogen and oxygen atoms in total. The average Bonchev–Trinajstić information content (AvgIpc) is 2.35. The average molecular weight is 261 g/mol. The topological polar surface area (TPSA) is 21.3 Å². The van der Waals surface area contributed by atoms with Gasteiger partial charge in [-0.05, 0) is 44.4 Å². The number of hydrogen-bond acceptors (Lipinski definition) is 2. The second kappa shape index (κ2) is 5.54. The third kappa shape index (κ3) is 3.30. The SMILES string of the molecule is CCC1(C)CC(NCC(C)C)c2ccc(C)cc2O1. The van der Waals surface area contributed by atoms with Crippen LogP contribution >= 0.6 is 0 Å². The Kier molecular flexibility index (Phi) is 4.19. The maximum absolute atomic E-state index is 6.25. The number of nitrogens with one attached hydrogen (secondary N) is 1. The van der Waals surface area contributed by atoms with Crippen LogP contribution in [0, 0.1) is 12.8 Å². The second-order valence-corrected chi connectivity index (χ2v) is 6.51. The molecule has 106 valence electrons. The van der Waals surface area contributed by atoms with Crippen molar-refractivity contribution in [1.29, 1.82) is 0 Å². The van der Waals surface area contributed by atoms with Gasteiger partial charge >= 0.3 is 0 Å². The molecule has 1 aliphatic heterocycles. The summed E-state index contributed by atoms with van der Waals surface area (Å²) in [5.41, 5.74) is 2.54. The van der Waals surface area contributed by atoms with Crippen LogP contribution in [-0.4, -0.2) is 12.1 Å². The van der Waals surface area contributed by atoms with Crippen LogP contribution in [0.3, 0.4) is 0 Å². The molecule has 0 fully saturated rings. The van der Waals surface area contributed by atoms with Crippen LogP contribution < -0.4 is 10.1 Å². The van der Waals surface area contributed by atoms with Gasteiger partial charge in [-0.15, -0.1) is 0 Å². The molecule has 2 unspecified atom stereocenters. The Balaban J connectivity index is 2.28. The van der Waals surface area contributed by atoms with Gasteiger partial charge in [-0.1, -0.05) is 32.9 Å². The predicted molar refractivity (Wildman–Crippen MR) is 80.7 cm³/mol. The number of fused-ring (bicyclic) bond motifs is 1. The third-order valence-corrected chi connectivity index (χ3v) is 4.06. The quantitative estimate of drug-likeness (QED) is 0.875. The molecule has 2 heteroatoms. The number of ether oxygens (including phenoxy) is 1. The van der Waals surface area contributed by atoms with Gasteiger partial charge in [0.05, 0.1) is 0 Å². The molecule has 0 bridgehead atoms. The molecule has 1 aromatic rings. The Morgan fingerprint density at radius 2 is 2.16 bits per heavy atom. The van der Waals surface area contributed by atoms with Crippen molar-refractivity contribution in [1.82, 2.24) is 5.32 Å². The molecule has 0 spiro atoms. The van der Waals surface area contributed by atoms with E-state index in [0.717, 1.165) is 25.1 Å². The summed E-state index contributed by atoms with van der Waals surface area (Å²) in [5, 5.41) is 3.71. The van der Waals surface area contributed by atoms with Crippen molar-refractivity contribution in [3.05, 3.63) is 29.3 Å². The van der Waals surface area contributed by atoms with E-state index in [1.807, 2.05) is 0 Å². The first-order valence-electron chi connectivity index (χ1n) is 7.46. The lowest BCUT2D eigenvalue weighted by Gasteiger charge is -2.40. The Labute approximate surface area is 117 Å². The molecule has 2 rings (SSSR count). The predicted octanol–water partition coefficient (Wildman–Crippen LogP) is 4.23. The van der Waals surface area contributed by atoms with Gasteiger partial charge in [-0.25, -0.2) is 0 Å². The van der Waals surface area contributed by atoms with E-state index in [1.54, 1.807) is 0 Å². The van der Waals surface area contributed by atoms with Gasteiger partial charge in [0.2, 0.25) is 0 Å². The first-order chi connectivity index (χ1) is 8.93. The summed E-state index contributed by atoms with van der Waals surface area (Å²) in [7, 11) is 0. The van der Waals surface area contributed by atoms with Crippen molar-refractivity contribution in [3.8, 4) is 5.75 Å². The summed E-state index contributed by atoms with van der Waals surface area (Å²) in [5.74, 6) is 1.74. The Hall–Kier alpha value is -1.02. The molecule has 0 saturated heterocycles. The summed E-state index contributed by atoms with van der Waals surface area (Å²) in [6.07, 6.45) is 2.09. The lowest BCUT2D eigenvalue weighted by molar-refractivity contribution is 0.0437. The molecular weight excluding hydrogens is 234 g/mol. The standard InChI is InChI=1S/C17H27NO/c1-6-17(5)10-15(18-11-12(2)3)14-8-7-13(4)9-16(14)19-17/h7-9,12,15,18H,6,10-11H2,1-5H3. The second-order valence-electron chi connectivity index (χ2n) is 6.51. The largest absolute Gasteiger partial charge is 0.487 e. The highest BCUT2D eigenvalue weighted by atomic mass is 16.5. The lowest BCUT2D eigenvalue weighted by atomic mass is 9.86. The van der Waals surface area contributed by atoms with E-state index in [-0.39, 0.29) is 5.60 Å². The highest BCUT2D eigenvalue weighted by Gasteiger charge is 2.35. The highest BCUT2D eigenvalue weighted by Crippen LogP contribution is 2.41. The minimum absolute atomic E-state index is 0.0462. The number of benzene rings is 1. The third-order valence-electron chi connectivity index (χ3n) is 4.06. The number of rotatable bonds is 4. The number of aryl methyl sites for hydroxylation is 1. The van der Waals surface area contributed by atoms with Gasteiger partial charge in [-0.2, -0.15) is 0 Å². The van der Waals surface area contributed by atoms with Crippen LogP contribution in [-0.2, 0) is 0 Å². The van der Waals surface area contributed by atoms with Gasteiger partial charge in [0, 0.05) is 18.0 Å². The number of hydrogen-bond donors (Lipinski definition) is 1. The normalized spacial score (nSPS) is 26.1. The summed E-state index contributed by atoms with van der Waals surface area (Å²) in [6, 6.07) is 6.99. The van der Waals surface area contributed by atoms with E-state index in [9.17, 15) is 0 Å². The fourth-order valence-corrected chi connectivity index (χ4v) is 2.64. The molecule has 0 radical (unpaired) electrons. The Bertz CT molecular complexity index is 441. The highest BCUT2D eigenvalue weighted by molar-refractivity contribution is 5.41. The van der Waals surface area contributed by atoms with Crippen LogP contribution in [0.15, 0.2) is 18.2 Å². The smallest absolute Gasteiger partial charge is 0.125 e. The molecule has 2 atom stereocenters. The van der Waals surface area contributed by atoms with Gasteiger partial charge in [-0.3, -0.25) is 0 Å². The molecule has 0 saturated carbocycles. The van der Waals surface area contributed by atoms with Crippen molar-refractivity contribution in [2.45, 2.75) is 59.1 Å². The van der Waals surface area contributed by atoms with Crippen molar-refractivity contribution < 1.29 is 4.74 Å². The fourth-order valence-electron chi connectivity index (χ4n) is 2.64. The molecular formula is C17H27NO. The molecule has 1 aliphatic rings. The van der Waals surface area contributed by atoms with Crippen molar-refractivity contribution in [3.63, 3.8) is 0 Å². The van der Waals surface area contributed by atoms with Gasteiger partial charge in [0.1, 0.15) is 11.4 Å². The zero-order valence-electron chi connectivity index (χ0n) is 12.9. The van der Waals surface area contributed by atoms with E-state index >= 15 is 0 Å². The summed E-state index contributed by atoms with van der Waals surface area (Å²) in [4.78, 5) is 0. The zero-order valence-corrected chi connectivity index (χ0v) is 12.9. The molecule has 1 N–H and O–H groups in total. The first-order valence-corrected chi connectivity index (χ1v) is 7.46. The zero-order chi connectivity index (χ0) is 14.0. The maximum atomic E-state index is 6.25. The lowest BCUT2D eigenvalue weighted by Crippen LogP contribution is -2.42. The summed E-state index contributed by atoms with van der Waals surface area (Å²) in [6.45, 7) is 12.1. The van der Waals surface area contributed by atoms with E-state index in [4.69, 9.17) is 4.74 Å². The molecule has 0 aromatic heterocycles. The molecule has 19 heavy (non-hydrogen) atoms. The van der Waals surface area contributed by atoms with Crippen molar-refractivity contribution in [2.24, 2.45) is 5.92 Å². The molecule has 0 amide bonds. The van der Waals surface area contributed by atoms with Gasteiger partial charge in [0.25, 0.3) is 0 Å². The van der Waals surface area contributed by atoms with Crippen LogP contribution in [0.1, 0.15) is 57.7 Å². The van der Waals surface area contributed by atoms with Crippen LogP contribution in [0.4, 0.5) is 0 Å². The van der Waals surface area contributed by atoms with Crippen LogP contribution in [0.5, 0.6) is 5.75 Å². The monoisotopic (exact) mass is 261 g/mol. The molecule has 0 aliphatic carbocycles. The maximum Gasteiger partial charge on any atom is 0.125 e. The molecule has 1 aromatic carbocycles. The summed E-state index contributed by atoms with van der Waals surface area (Å²) >= 11 is 0. The van der Waals surface area contributed by atoms with E-state index < -0.39 is 0 Å². The van der Waals surface area contributed by atoms with E-state index in [2.05, 4.69) is 58.1 Å². The molecule has 1 heterocycles. The minimum Gasteiger partial charge on any atom is -0.487 e. The van der Waals surface area contributed by atoms with Crippen LogP contribution in [0.25, 0.3) is 0 Å². The van der Waals surface area contributed by atoms with E-state index in [0.29, 0.717) is 12.0 Å². The van der Waals surface area contributed by atoms with Gasteiger partial charge in [0.15, 0.2) is 0 Å². The first kappa shape index (κ1) is 14.4. The summed E-state index contributed by atoms with van der Waals surface area (Å²) < 4.78 is 6.25. The van der Waals surface area contributed by atoms with Crippen molar-refractivity contribution >= 4 is 0 Å². The van der Waals surface area contributed by atoms with Crippen molar-refractivity contribution in [2.75, 3.05) is 6.54 Å².